The molecular weight excluding hydrogens is 528 g/mol. The predicted molar refractivity (Wildman–Crippen MR) is 139 cm³/mol. The van der Waals surface area contributed by atoms with Gasteiger partial charge in [0, 0.05) is 0 Å². The number of methoxy groups -OCH3 is 4. The molecule has 210 valence electrons. The second-order valence-electron chi connectivity index (χ2n) is 7.28. The summed E-state index contributed by atoms with van der Waals surface area (Å²) in [6.07, 6.45) is 0. The summed E-state index contributed by atoms with van der Waals surface area (Å²) >= 11 is 0. The Hall–Kier alpha value is -5.52. The van der Waals surface area contributed by atoms with E-state index < -0.39 is 35.8 Å². The number of aromatic carboxylic acids is 2. The first-order chi connectivity index (χ1) is 19.0. The van der Waals surface area contributed by atoms with Crippen LogP contribution >= 0.6 is 0 Å². The molecule has 0 fully saturated rings. The number of carboxylic acid groups (broad SMARTS) is 2. The predicted octanol–water partition coefficient (Wildman–Crippen LogP) is 3.60. The Bertz CT molecular complexity index is 1210. The summed E-state index contributed by atoms with van der Waals surface area (Å²) in [6.45, 7) is 0. The number of carbonyl (C=O) groups is 6. The molecule has 0 aromatic heterocycles. The maximum absolute atomic E-state index is 11.1. The normalized spacial score (nSPS) is 9.30. The zero-order valence-electron chi connectivity index (χ0n) is 21.9. The molecule has 0 saturated carbocycles. The van der Waals surface area contributed by atoms with Crippen LogP contribution in [0.2, 0.25) is 0 Å². The van der Waals surface area contributed by atoms with Crippen molar-refractivity contribution in [2.45, 2.75) is 0 Å². The Morgan fingerprint density at radius 2 is 0.700 bits per heavy atom. The van der Waals surface area contributed by atoms with Gasteiger partial charge >= 0.3 is 35.8 Å². The third-order valence-electron chi connectivity index (χ3n) is 4.80. The highest BCUT2D eigenvalue weighted by Gasteiger charge is 2.14. The van der Waals surface area contributed by atoms with Gasteiger partial charge < -0.3 is 29.2 Å². The van der Waals surface area contributed by atoms with Crippen LogP contribution in [0.3, 0.4) is 0 Å². The van der Waals surface area contributed by atoms with Crippen LogP contribution in [-0.2, 0) is 18.9 Å². The van der Waals surface area contributed by atoms with Crippen LogP contribution in [0.15, 0.2) is 72.8 Å². The number of carboxylic acids is 2. The molecule has 3 aromatic rings. The molecular formula is C28H26O12. The molecule has 0 atom stereocenters. The van der Waals surface area contributed by atoms with Crippen molar-refractivity contribution >= 4 is 35.8 Å². The first-order valence-electron chi connectivity index (χ1n) is 11.1. The van der Waals surface area contributed by atoms with Gasteiger partial charge in [0.15, 0.2) is 0 Å². The quantitative estimate of drug-likeness (QED) is 0.334. The molecule has 12 nitrogen and oxygen atoms in total. The zero-order chi connectivity index (χ0) is 30.2. The Morgan fingerprint density at radius 3 is 0.900 bits per heavy atom. The molecule has 0 spiro atoms. The van der Waals surface area contributed by atoms with Gasteiger partial charge in [-0.3, -0.25) is 0 Å². The molecule has 0 amide bonds. The SMILES string of the molecule is COC(=O)c1cccc(C(=O)OC)c1.COC(=O)c1cccc(C(=O)OC)c1.O=C(O)c1ccccc1C(=O)O. The van der Waals surface area contributed by atoms with Gasteiger partial charge in [0.2, 0.25) is 0 Å². The second kappa shape index (κ2) is 16.3. The minimum absolute atomic E-state index is 0.190. The fourth-order valence-corrected chi connectivity index (χ4v) is 2.87. The lowest BCUT2D eigenvalue weighted by atomic mass is 10.1. The maximum Gasteiger partial charge on any atom is 0.337 e. The molecule has 3 rings (SSSR count). The van der Waals surface area contributed by atoms with Gasteiger partial charge in [-0.25, -0.2) is 28.8 Å². The van der Waals surface area contributed by atoms with Gasteiger partial charge in [0.1, 0.15) is 0 Å². The summed E-state index contributed by atoms with van der Waals surface area (Å²) in [4.78, 5) is 65.3. The van der Waals surface area contributed by atoms with Crippen molar-refractivity contribution in [1.29, 1.82) is 0 Å². The van der Waals surface area contributed by atoms with E-state index in [0.717, 1.165) is 0 Å². The molecule has 3 aromatic carbocycles. The number of rotatable bonds is 6. The van der Waals surface area contributed by atoms with E-state index in [4.69, 9.17) is 10.2 Å². The van der Waals surface area contributed by atoms with Crippen LogP contribution in [0.5, 0.6) is 0 Å². The van der Waals surface area contributed by atoms with E-state index in [1.54, 1.807) is 36.4 Å². The molecule has 0 aliphatic heterocycles. The van der Waals surface area contributed by atoms with Gasteiger partial charge in [0.25, 0.3) is 0 Å². The van der Waals surface area contributed by atoms with Crippen molar-refractivity contribution in [3.05, 3.63) is 106 Å². The largest absolute Gasteiger partial charge is 0.478 e. The number of esters is 4. The molecule has 0 unspecified atom stereocenters. The van der Waals surface area contributed by atoms with Crippen molar-refractivity contribution in [1.82, 2.24) is 0 Å². The molecule has 0 aliphatic rings. The summed E-state index contributed by atoms with van der Waals surface area (Å²) < 4.78 is 18.1. The molecule has 2 N–H and O–H groups in total. The molecule has 0 radical (unpaired) electrons. The highest BCUT2D eigenvalue weighted by atomic mass is 16.5. The maximum atomic E-state index is 11.1. The third kappa shape index (κ3) is 9.74. The molecule has 0 aliphatic carbocycles. The van der Waals surface area contributed by atoms with E-state index in [1.165, 1.54) is 64.8 Å². The smallest absolute Gasteiger partial charge is 0.337 e. The zero-order valence-corrected chi connectivity index (χ0v) is 21.9. The lowest BCUT2D eigenvalue weighted by Crippen LogP contribution is -2.06. The molecule has 40 heavy (non-hydrogen) atoms. The molecule has 12 heteroatoms. The highest BCUT2D eigenvalue weighted by Crippen LogP contribution is 2.09. The molecule has 0 bridgehead atoms. The monoisotopic (exact) mass is 554 g/mol. The first-order valence-corrected chi connectivity index (χ1v) is 11.1. The molecule has 0 saturated heterocycles. The average molecular weight is 555 g/mol. The number of hydrogen-bond acceptors (Lipinski definition) is 10. The van der Waals surface area contributed by atoms with Crippen LogP contribution in [-0.4, -0.2) is 74.5 Å². The van der Waals surface area contributed by atoms with E-state index in [2.05, 4.69) is 18.9 Å². The van der Waals surface area contributed by atoms with Crippen LogP contribution in [0.25, 0.3) is 0 Å². The van der Waals surface area contributed by atoms with Crippen LogP contribution in [0, 0.1) is 0 Å². The van der Waals surface area contributed by atoms with Crippen molar-refractivity contribution in [3.8, 4) is 0 Å². The van der Waals surface area contributed by atoms with E-state index in [-0.39, 0.29) is 11.1 Å². The Morgan fingerprint density at radius 1 is 0.450 bits per heavy atom. The fraction of sp³-hybridized carbons (Fsp3) is 0.143. The Kier molecular flexibility index (Phi) is 13.3. The summed E-state index contributed by atoms with van der Waals surface area (Å²) in [5.41, 5.74) is 0.937. The Labute approximate surface area is 228 Å². The summed E-state index contributed by atoms with van der Waals surface area (Å²) in [5, 5.41) is 17.1. The van der Waals surface area contributed by atoms with Crippen molar-refractivity contribution < 1.29 is 57.9 Å². The number of benzene rings is 3. The fourth-order valence-electron chi connectivity index (χ4n) is 2.87. The topological polar surface area (TPSA) is 180 Å². The van der Waals surface area contributed by atoms with Crippen molar-refractivity contribution in [2.24, 2.45) is 0 Å². The van der Waals surface area contributed by atoms with E-state index in [0.29, 0.717) is 22.3 Å². The summed E-state index contributed by atoms with van der Waals surface area (Å²) in [6, 6.07) is 17.8. The second-order valence-corrected chi connectivity index (χ2v) is 7.28. The minimum atomic E-state index is -1.23. The summed E-state index contributed by atoms with van der Waals surface area (Å²) in [7, 11) is 5.14. The van der Waals surface area contributed by atoms with E-state index in [1.807, 2.05) is 0 Å². The summed E-state index contributed by atoms with van der Waals surface area (Å²) in [5.74, 6) is -4.36. The van der Waals surface area contributed by atoms with Crippen molar-refractivity contribution in [3.63, 3.8) is 0 Å². The van der Waals surface area contributed by atoms with Crippen LogP contribution in [0.4, 0.5) is 0 Å². The van der Waals surface area contributed by atoms with Gasteiger partial charge in [-0.05, 0) is 48.5 Å². The average Bonchev–Trinajstić information content (AvgIpc) is 2.99. The van der Waals surface area contributed by atoms with Gasteiger partial charge in [-0.2, -0.15) is 0 Å². The van der Waals surface area contributed by atoms with Gasteiger partial charge in [-0.1, -0.05) is 24.3 Å². The van der Waals surface area contributed by atoms with Crippen LogP contribution < -0.4 is 0 Å². The number of hydrogen-bond donors (Lipinski definition) is 2. The van der Waals surface area contributed by atoms with Crippen molar-refractivity contribution in [2.75, 3.05) is 28.4 Å². The first kappa shape index (κ1) is 32.5. The number of carbonyl (C=O) groups excluding carboxylic acids is 4. The standard InChI is InChI=1S/2C10H10O4.C8H6O4/c2*1-13-9(11)7-4-3-5-8(6-7)10(12)14-2;9-7(10)5-3-1-2-4-6(5)8(11)12/h2*3-6H,1-2H3;1-4H,(H,9,10)(H,11,12). The van der Waals surface area contributed by atoms with E-state index >= 15 is 0 Å². The minimum Gasteiger partial charge on any atom is -0.478 e. The Balaban J connectivity index is 0.000000301. The molecule has 0 heterocycles. The lowest BCUT2D eigenvalue weighted by Gasteiger charge is -2.01. The van der Waals surface area contributed by atoms with Crippen LogP contribution in [0.1, 0.15) is 62.1 Å². The number of ether oxygens (including phenoxy) is 4. The van der Waals surface area contributed by atoms with Gasteiger partial charge in [0.05, 0.1) is 61.8 Å². The highest BCUT2D eigenvalue weighted by molar-refractivity contribution is 6.01. The van der Waals surface area contributed by atoms with Gasteiger partial charge in [-0.15, -0.1) is 0 Å². The third-order valence-corrected chi connectivity index (χ3v) is 4.80. The lowest BCUT2D eigenvalue weighted by molar-refractivity contribution is 0.0581. The van der Waals surface area contributed by atoms with E-state index in [9.17, 15) is 28.8 Å².